The van der Waals surface area contributed by atoms with E-state index in [9.17, 15) is 15.2 Å². The van der Waals surface area contributed by atoms with Gasteiger partial charge >= 0.3 is 0 Å². The van der Waals surface area contributed by atoms with Gasteiger partial charge in [-0.05, 0) is 71.5 Å². The molecule has 0 fully saturated rings. The molecule has 0 bridgehead atoms. The van der Waals surface area contributed by atoms with Gasteiger partial charge in [-0.3, -0.25) is 15.4 Å². The summed E-state index contributed by atoms with van der Waals surface area (Å²) in [5.41, 5.74) is -0.742. The van der Waals surface area contributed by atoms with Gasteiger partial charge in [-0.25, -0.2) is 0 Å². The first kappa shape index (κ1) is 17.6. The summed E-state index contributed by atoms with van der Waals surface area (Å²) in [4.78, 5) is 10.2. The fraction of sp³-hybridized carbons (Fsp3) is 0.250. The van der Waals surface area contributed by atoms with Crippen LogP contribution < -0.4 is 10.1 Å². The van der Waals surface area contributed by atoms with Gasteiger partial charge in [0.15, 0.2) is 0 Å². The summed E-state index contributed by atoms with van der Waals surface area (Å²) in [6.45, 7) is 2.42. The number of nitrogens with one attached hydrogen (secondary N) is 1. The molecule has 0 aliphatic rings. The lowest BCUT2D eigenvalue weighted by molar-refractivity contribution is -0.384. The van der Waals surface area contributed by atoms with Crippen molar-refractivity contribution in [3.05, 3.63) is 67.8 Å². The monoisotopic (exact) mass is 428 g/mol. The van der Waals surface area contributed by atoms with Crippen molar-refractivity contribution in [2.24, 2.45) is 0 Å². The topological polar surface area (TPSA) is 84.6 Å². The maximum absolute atomic E-state index is 10.6. The van der Waals surface area contributed by atoms with Crippen molar-refractivity contribution in [3.63, 3.8) is 0 Å². The highest BCUT2D eigenvalue weighted by molar-refractivity contribution is 14.1. The zero-order valence-electron chi connectivity index (χ0n) is 12.5. The lowest BCUT2D eigenvalue weighted by atomic mass is 10.0. The van der Waals surface area contributed by atoms with Crippen LogP contribution in [0.25, 0.3) is 0 Å². The van der Waals surface area contributed by atoms with Crippen molar-refractivity contribution in [2.75, 3.05) is 13.2 Å². The Kier molecular flexibility index (Phi) is 5.91. The van der Waals surface area contributed by atoms with Crippen LogP contribution in [0.4, 0.5) is 5.69 Å². The Bertz CT molecular complexity index is 657. The highest BCUT2D eigenvalue weighted by atomic mass is 127. The van der Waals surface area contributed by atoms with E-state index >= 15 is 0 Å². The molecule has 7 heteroatoms. The maximum atomic E-state index is 10.6. The first-order valence-electron chi connectivity index (χ1n) is 6.99. The molecule has 0 spiro atoms. The van der Waals surface area contributed by atoms with Crippen LogP contribution in [0.1, 0.15) is 12.5 Å². The van der Waals surface area contributed by atoms with E-state index in [0.29, 0.717) is 18.7 Å². The third kappa shape index (κ3) is 5.15. The number of nitro benzene ring substituents is 1. The van der Waals surface area contributed by atoms with E-state index in [1.54, 1.807) is 6.92 Å². The minimum Gasteiger partial charge on any atom is -0.492 e. The molecular formula is C16H17IN2O4. The number of aliphatic hydroxyl groups is 1. The SMILES string of the molecule is CC(O)(NCCOc1ccc(I)cc1)c1ccc([N+](=O)[O-])cc1. The third-order valence-electron chi connectivity index (χ3n) is 3.29. The average Bonchev–Trinajstić information content (AvgIpc) is 2.53. The molecule has 0 aromatic heterocycles. The van der Waals surface area contributed by atoms with Crippen LogP contribution in [0, 0.1) is 13.7 Å². The second kappa shape index (κ2) is 7.71. The van der Waals surface area contributed by atoms with Gasteiger partial charge in [0.1, 0.15) is 18.1 Å². The fourth-order valence-corrected chi connectivity index (χ4v) is 2.36. The van der Waals surface area contributed by atoms with E-state index in [-0.39, 0.29) is 5.69 Å². The Balaban J connectivity index is 1.85. The molecule has 1 unspecified atom stereocenters. The Morgan fingerprint density at radius 2 is 1.83 bits per heavy atom. The van der Waals surface area contributed by atoms with E-state index in [1.807, 2.05) is 24.3 Å². The Morgan fingerprint density at radius 3 is 2.39 bits per heavy atom. The van der Waals surface area contributed by atoms with Gasteiger partial charge in [0.05, 0.1) is 4.92 Å². The number of halogens is 1. The lowest BCUT2D eigenvalue weighted by Crippen LogP contribution is -2.41. The molecule has 0 amide bonds. The number of nitro groups is 1. The first-order chi connectivity index (χ1) is 10.9. The van der Waals surface area contributed by atoms with E-state index < -0.39 is 10.6 Å². The minimum atomic E-state index is -1.29. The summed E-state index contributed by atoms with van der Waals surface area (Å²) >= 11 is 2.22. The van der Waals surface area contributed by atoms with Crippen molar-refractivity contribution in [1.29, 1.82) is 0 Å². The predicted octanol–water partition coefficient (Wildman–Crippen LogP) is 3.03. The summed E-state index contributed by atoms with van der Waals surface area (Å²) in [5.74, 6) is 0.766. The molecule has 0 radical (unpaired) electrons. The summed E-state index contributed by atoms with van der Waals surface area (Å²) in [5, 5.41) is 24.0. The fourth-order valence-electron chi connectivity index (χ4n) is 2.00. The molecule has 0 aliphatic heterocycles. The van der Waals surface area contributed by atoms with E-state index in [2.05, 4.69) is 27.9 Å². The molecular weight excluding hydrogens is 411 g/mol. The highest BCUT2D eigenvalue weighted by Gasteiger charge is 2.22. The standard InChI is InChI=1S/C16H17IN2O4/c1-16(20,12-2-6-14(7-3-12)19(21)22)18-10-11-23-15-8-4-13(17)5-9-15/h2-9,18,20H,10-11H2,1H3. The second-order valence-electron chi connectivity index (χ2n) is 5.11. The Labute approximate surface area is 147 Å². The first-order valence-corrected chi connectivity index (χ1v) is 8.07. The molecule has 122 valence electrons. The average molecular weight is 428 g/mol. The van der Waals surface area contributed by atoms with Crippen LogP contribution in [0.3, 0.4) is 0 Å². The zero-order valence-corrected chi connectivity index (χ0v) is 14.7. The number of hydrogen-bond acceptors (Lipinski definition) is 5. The minimum absolute atomic E-state index is 0.00778. The van der Waals surface area contributed by atoms with Crippen LogP contribution in [0.5, 0.6) is 5.75 Å². The molecule has 2 rings (SSSR count). The normalized spacial score (nSPS) is 13.3. The number of rotatable bonds is 7. The molecule has 0 heterocycles. The van der Waals surface area contributed by atoms with Crippen LogP contribution >= 0.6 is 22.6 Å². The number of nitrogens with zero attached hydrogens (tertiary/aromatic N) is 1. The molecule has 1 atom stereocenters. The summed E-state index contributed by atoms with van der Waals surface area (Å²) in [6, 6.07) is 13.5. The lowest BCUT2D eigenvalue weighted by Gasteiger charge is -2.25. The van der Waals surface area contributed by atoms with Crippen LogP contribution in [-0.2, 0) is 5.72 Å². The van der Waals surface area contributed by atoms with Crippen LogP contribution in [0.15, 0.2) is 48.5 Å². The number of benzene rings is 2. The largest absolute Gasteiger partial charge is 0.492 e. The number of ether oxygens (including phenoxy) is 1. The molecule has 2 N–H and O–H groups in total. The molecule has 2 aromatic carbocycles. The molecule has 0 saturated carbocycles. The zero-order chi connectivity index (χ0) is 16.9. The summed E-state index contributed by atoms with van der Waals surface area (Å²) in [6.07, 6.45) is 0. The molecule has 2 aromatic rings. The molecule has 0 saturated heterocycles. The number of non-ortho nitro benzene ring substituents is 1. The van der Waals surface area contributed by atoms with Gasteiger partial charge in [0, 0.05) is 22.2 Å². The van der Waals surface area contributed by atoms with Crippen molar-refractivity contribution in [1.82, 2.24) is 5.32 Å². The van der Waals surface area contributed by atoms with E-state index in [1.165, 1.54) is 24.3 Å². The van der Waals surface area contributed by atoms with Crippen molar-refractivity contribution < 1.29 is 14.8 Å². The van der Waals surface area contributed by atoms with Gasteiger partial charge in [-0.1, -0.05) is 0 Å². The smallest absolute Gasteiger partial charge is 0.269 e. The maximum Gasteiger partial charge on any atom is 0.269 e. The quantitative estimate of drug-likeness (QED) is 0.233. The summed E-state index contributed by atoms with van der Waals surface area (Å²) in [7, 11) is 0. The second-order valence-corrected chi connectivity index (χ2v) is 6.35. The predicted molar refractivity (Wildman–Crippen MR) is 95.3 cm³/mol. The van der Waals surface area contributed by atoms with Crippen molar-refractivity contribution in [3.8, 4) is 5.75 Å². The number of hydrogen-bond donors (Lipinski definition) is 2. The van der Waals surface area contributed by atoms with E-state index in [4.69, 9.17) is 4.74 Å². The molecule has 0 aliphatic carbocycles. The molecule has 6 nitrogen and oxygen atoms in total. The third-order valence-corrected chi connectivity index (χ3v) is 4.01. The van der Waals surface area contributed by atoms with Crippen molar-refractivity contribution >= 4 is 28.3 Å². The van der Waals surface area contributed by atoms with Gasteiger partial charge in [0.25, 0.3) is 5.69 Å². The van der Waals surface area contributed by atoms with Crippen LogP contribution in [0.2, 0.25) is 0 Å². The van der Waals surface area contributed by atoms with Gasteiger partial charge in [-0.15, -0.1) is 0 Å². The summed E-state index contributed by atoms with van der Waals surface area (Å²) < 4.78 is 6.71. The van der Waals surface area contributed by atoms with E-state index in [0.717, 1.165) is 9.32 Å². The van der Waals surface area contributed by atoms with Gasteiger partial charge in [0.2, 0.25) is 0 Å². The molecule has 23 heavy (non-hydrogen) atoms. The van der Waals surface area contributed by atoms with Gasteiger partial charge < -0.3 is 9.84 Å². The Morgan fingerprint density at radius 1 is 1.22 bits per heavy atom. The highest BCUT2D eigenvalue weighted by Crippen LogP contribution is 2.20. The van der Waals surface area contributed by atoms with Gasteiger partial charge in [-0.2, -0.15) is 0 Å². The van der Waals surface area contributed by atoms with Crippen molar-refractivity contribution in [2.45, 2.75) is 12.6 Å². The Hall–Kier alpha value is -1.71. The van der Waals surface area contributed by atoms with Crippen LogP contribution in [-0.4, -0.2) is 23.2 Å².